The van der Waals surface area contributed by atoms with Gasteiger partial charge in [0.2, 0.25) is 0 Å². The third kappa shape index (κ3) is 2.01. The van der Waals surface area contributed by atoms with Crippen LogP contribution in [0.4, 0.5) is 0 Å². The SMILES string of the molecule is O=C(c1cnc2cccnn12)N1CCC[C@@]2(CCC[C@H]2O)C1. The zero-order valence-corrected chi connectivity index (χ0v) is 12.5. The molecule has 0 unspecified atom stereocenters. The Balaban J connectivity index is 1.62. The lowest BCUT2D eigenvalue weighted by atomic mass is 9.76. The number of amides is 1. The molecule has 2 aliphatic rings. The molecule has 1 saturated carbocycles. The number of hydrogen-bond acceptors (Lipinski definition) is 4. The smallest absolute Gasteiger partial charge is 0.274 e. The quantitative estimate of drug-likeness (QED) is 0.866. The van der Waals surface area contributed by atoms with E-state index in [1.165, 1.54) is 0 Å². The molecule has 1 aliphatic carbocycles. The summed E-state index contributed by atoms with van der Waals surface area (Å²) in [5, 5.41) is 14.6. The van der Waals surface area contributed by atoms with Crippen LogP contribution in [-0.2, 0) is 0 Å². The van der Waals surface area contributed by atoms with Gasteiger partial charge in [-0.15, -0.1) is 0 Å². The first-order valence-electron chi connectivity index (χ1n) is 7.96. The van der Waals surface area contributed by atoms with E-state index in [4.69, 9.17) is 0 Å². The van der Waals surface area contributed by atoms with Crippen molar-refractivity contribution in [1.29, 1.82) is 0 Å². The molecule has 1 amide bonds. The number of aliphatic hydroxyl groups excluding tert-OH is 1. The van der Waals surface area contributed by atoms with Gasteiger partial charge >= 0.3 is 0 Å². The van der Waals surface area contributed by atoms with Crippen molar-refractivity contribution in [2.45, 2.75) is 38.2 Å². The van der Waals surface area contributed by atoms with E-state index in [0.717, 1.165) is 38.6 Å². The van der Waals surface area contributed by atoms with Crippen LogP contribution < -0.4 is 0 Å². The van der Waals surface area contributed by atoms with Crippen LogP contribution in [0.5, 0.6) is 0 Å². The van der Waals surface area contributed by atoms with Gasteiger partial charge in [-0.3, -0.25) is 4.79 Å². The van der Waals surface area contributed by atoms with Gasteiger partial charge in [-0.1, -0.05) is 6.42 Å². The number of fused-ring (bicyclic) bond motifs is 1. The van der Waals surface area contributed by atoms with Crippen LogP contribution in [0, 0.1) is 5.41 Å². The molecule has 6 heteroatoms. The summed E-state index contributed by atoms with van der Waals surface area (Å²) in [5.41, 5.74) is 1.08. The molecule has 1 aliphatic heterocycles. The summed E-state index contributed by atoms with van der Waals surface area (Å²) < 4.78 is 1.59. The first-order chi connectivity index (χ1) is 10.7. The van der Waals surface area contributed by atoms with E-state index in [0.29, 0.717) is 17.9 Å². The number of aromatic nitrogens is 3. The largest absolute Gasteiger partial charge is 0.392 e. The fourth-order valence-corrected chi connectivity index (χ4v) is 4.07. The van der Waals surface area contributed by atoms with Crippen molar-refractivity contribution in [3.05, 3.63) is 30.2 Å². The summed E-state index contributed by atoms with van der Waals surface area (Å²) in [6, 6.07) is 3.64. The molecule has 4 rings (SSSR count). The van der Waals surface area contributed by atoms with Gasteiger partial charge in [0.1, 0.15) is 0 Å². The Morgan fingerprint density at radius 2 is 2.23 bits per heavy atom. The number of hydrogen-bond donors (Lipinski definition) is 1. The zero-order chi connectivity index (χ0) is 15.2. The van der Waals surface area contributed by atoms with E-state index in [9.17, 15) is 9.90 Å². The average Bonchev–Trinajstić information content (AvgIpc) is 3.12. The zero-order valence-electron chi connectivity index (χ0n) is 12.5. The van der Waals surface area contributed by atoms with Crippen molar-refractivity contribution in [2.24, 2.45) is 5.41 Å². The van der Waals surface area contributed by atoms with Crippen molar-refractivity contribution in [3.63, 3.8) is 0 Å². The Bertz CT molecular complexity index is 713. The number of piperidine rings is 1. The molecule has 6 nitrogen and oxygen atoms in total. The highest BCUT2D eigenvalue weighted by Gasteiger charge is 2.45. The summed E-state index contributed by atoms with van der Waals surface area (Å²) in [5.74, 6) is -0.0376. The average molecular weight is 300 g/mol. The van der Waals surface area contributed by atoms with Gasteiger partial charge in [0.25, 0.3) is 5.91 Å². The molecular formula is C16H20N4O2. The first kappa shape index (κ1) is 13.7. The highest BCUT2D eigenvalue weighted by atomic mass is 16.3. The van der Waals surface area contributed by atoms with Crippen molar-refractivity contribution >= 4 is 11.6 Å². The van der Waals surface area contributed by atoms with E-state index >= 15 is 0 Å². The second-order valence-corrected chi connectivity index (χ2v) is 6.54. The Morgan fingerprint density at radius 1 is 1.36 bits per heavy atom. The third-order valence-corrected chi connectivity index (χ3v) is 5.25. The van der Waals surface area contributed by atoms with E-state index in [-0.39, 0.29) is 17.4 Å². The first-order valence-corrected chi connectivity index (χ1v) is 7.96. The van der Waals surface area contributed by atoms with Crippen LogP contribution in [0.2, 0.25) is 0 Å². The van der Waals surface area contributed by atoms with Gasteiger partial charge in [-0.2, -0.15) is 5.10 Å². The van der Waals surface area contributed by atoms with E-state index < -0.39 is 0 Å². The molecule has 22 heavy (non-hydrogen) atoms. The fraction of sp³-hybridized carbons (Fsp3) is 0.562. The second kappa shape index (κ2) is 5.05. The maximum Gasteiger partial charge on any atom is 0.274 e. The van der Waals surface area contributed by atoms with E-state index in [1.54, 1.807) is 23.0 Å². The van der Waals surface area contributed by atoms with Crippen LogP contribution in [0.3, 0.4) is 0 Å². The predicted molar refractivity (Wildman–Crippen MR) is 80.4 cm³/mol. The highest BCUT2D eigenvalue weighted by molar-refractivity contribution is 5.93. The summed E-state index contributed by atoms with van der Waals surface area (Å²) in [4.78, 5) is 19.0. The van der Waals surface area contributed by atoms with Gasteiger partial charge in [0.05, 0.1) is 12.3 Å². The van der Waals surface area contributed by atoms with Crippen molar-refractivity contribution in [3.8, 4) is 0 Å². The Kier molecular flexibility index (Phi) is 3.14. The molecule has 2 atom stereocenters. The van der Waals surface area contributed by atoms with Crippen molar-refractivity contribution in [2.75, 3.05) is 13.1 Å². The molecular weight excluding hydrogens is 280 g/mol. The maximum absolute atomic E-state index is 12.9. The summed E-state index contributed by atoms with van der Waals surface area (Å²) in [7, 11) is 0. The molecule has 0 aromatic carbocycles. The molecule has 1 N–H and O–H groups in total. The minimum absolute atomic E-state index is 0.0376. The second-order valence-electron chi connectivity index (χ2n) is 6.54. The molecule has 0 bridgehead atoms. The van der Waals surface area contributed by atoms with E-state index in [1.807, 2.05) is 11.0 Å². The number of likely N-dealkylation sites (tertiary alicyclic amines) is 1. The standard InChI is InChI=1S/C16H20N4O2/c21-13-4-1-6-16(13)7-3-9-19(11-16)15(22)12-10-17-14-5-2-8-18-20(12)14/h2,5,8,10,13,21H,1,3-4,6-7,9,11H2/t13-,16+/m1/s1. The summed E-state index contributed by atoms with van der Waals surface area (Å²) in [6.45, 7) is 1.39. The third-order valence-electron chi connectivity index (χ3n) is 5.25. The van der Waals surface area contributed by atoms with Gasteiger partial charge in [-0.05, 0) is 37.8 Å². The molecule has 116 valence electrons. The van der Waals surface area contributed by atoms with Crippen LogP contribution in [0.25, 0.3) is 5.65 Å². The lowest BCUT2D eigenvalue weighted by Crippen LogP contribution is -2.49. The Labute approximate surface area is 128 Å². The normalized spacial score (nSPS) is 28.6. The van der Waals surface area contributed by atoms with Crippen molar-refractivity contribution in [1.82, 2.24) is 19.5 Å². The molecule has 2 fully saturated rings. The number of rotatable bonds is 1. The molecule has 2 aromatic heterocycles. The maximum atomic E-state index is 12.9. The minimum atomic E-state index is -0.275. The number of imidazole rings is 1. The molecule has 1 spiro atoms. The number of aliphatic hydroxyl groups is 1. The highest BCUT2D eigenvalue weighted by Crippen LogP contribution is 2.45. The molecule has 3 heterocycles. The minimum Gasteiger partial charge on any atom is -0.392 e. The van der Waals surface area contributed by atoms with Crippen LogP contribution in [0.1, 0.15) is 42.6 Å². The lowest BCUT2D eigenvalue weighted by molar-refractivity contribution is -0.00562. The van der Waals surface area contributed by atoms with Gasteiger partial charge in [0, 0.05) is 24.7 Å². The predicted octanol–water partition coefficient (Wildman–Crippen LogP) is 1.50. The lowest BCUT2D eigenvalue weighted by Gasteiger charge is -2.42. The molecule has 0 radical (unpaired) electrons. The van der Waals surface area contributed by atoms with Crippen LogP contribution >= 0.6 is 0 Å². The summed E-state index contributed by atoms with van der Waals surface area (Å²) in [6.07, 6.45) is 7.88. The monoisotopic (exact) mass is 300 g/mol. The summed E-state index contributed by atoms with van der Waals surface area (Å²) >= 11 is 0. The molecule has 2 aromatic rings. The molecule has 1 saturated heterocycles. The number of nitrogens with zero attached hydrogens (tertiary/aromatic N) is 4. The Morgan fingerprint density at radius 3 is 3.05 bits per heavy atom. The van der Waals surface area contributed by atoms with Gasteiger partial charge in [0.15, 0.2) is 11.3 Å². The van der Waals surface area contributed by atoms with Crippen LogP contribution in [0.15, 0.2) is 24.5 Å². The Hall–Kier alpha value is -1.95. The van der Waals surface area contributed by atoms with Crippen molar-refractivity contribution < 1.29 is 9.90 Å². The number of carbonyl (C=O) groups is 1. The van der Waals surface area contributed by atoms with E-state index in [2.05, 4.69) is 10.1 Å². The topological polar surface area (TPSA) is 70.7 Å². The number of carbonyl (C=O) groups excluding carboxylic acids is 1. The van der Waals surface area contributed by atoms with Crippen LogP contribution in [-0.4, -0.2) is 49.7 Å². The van der Waals surface area contributed by atoms with Gasteiger partial charge < -0.3 is 10.0 Å². The van der Waals surface area contributed by atoms with Gasteiger partial charge in [-0.25, -0.2) is 9.50 Å². The fourth-order valence-electron chi connectivity index (χ4n) is 4.07.